The maximum atomic E-state index is 5.96. The molecule has 0 aliphatic carbocycles. The standard InChI is InChI=1S/C12H12ClN3O2/c1-7-9(14)4-3-5-10(7)18-11-8(13)6-15-12(16-11)17-2/h3-6H,14H2,1-2H3. The summed E-state index contributed by atoms with van der Waals surface area (Å²) in [6.07, 6.45) is 1.42. The molecule has 5 nitrogen and oxygen atoms in total. The molecule has 0 fully saturated rings. The van der Waals surface area contributed by atoms with Gasteiger partial charge < -0.3 is 15.2 Å². The van der Waals surface area contributed by atoms with Crippen molar-refractivity contribution in [3.05, 3.63) is 35.0 Å². The van der Waals surface area contributed by atoms with Gasteiger partial charge in [-0.3, -0.25) is 0 Å². The summed E-state index contributed by atoms with van der Waals surface area (Å²) in [5.74, 6) is 0.829. The van der Waals surface area contributed by atoms with Gasteiger partial charge in [0.05, 0.1) is 13.3 Å². The fourth-order valence-corrected chi connectivity index (χ4v) is 1.48. The van der Waals surface area contributed by atoms with Crippen LogP contribution in [0.2, 0.25) is 5.02 Å². The molecule has 94 valence electrons. The quantitative estimate of drug-likeness (QED) is 0.864. The molecule has 2 rings (SSSR count). The SMILES string of the molecule is COc1ncc(Cl)c(Oc2cccc(N)c2C)n1. The second kappa shape index (κ2) is 5.10. The lowest BCUT2D eigenvalue weighted by Gasteiger charge is -2.10. The van der Waals surface area contributed by atoms with Gasteiger partial charge in [-0.25, -0.2) is 4.98 Å². The molecule has 0 radical (unpaired) electrons. The minimum atomic E-state index is 0.191. The van der Waals surface area contributed by atoms with E-state index in [1.807, 2.05) is 6.92 Å². The lowest BCUT2D eigenvalue weighted by molar-refractivity contribution is 0.366. The molecule has 0 aliphatic rings. The number of nitrogens with two attached hydrogens (primary N) is 1. The Labute approximate surface area is 110 Å². The number of hydrogen-bond acceptors (Lipinski definition) is 5. The summed E-state index contributed by atoms with van der Waals surface area (Å²) in [7, 11) is 1.47. The molecule has 0 unspecified atom stereocenters. The van der Waals surface area contributed by atoms with Crippen molar-refractivity contribution in [2.45, 2.75) is 6.92 Å². The first-order valence-electron chi connectivity index (χ1n) is 5.21. The van der Waals surface area contributed by atoms with E-state index in [2.05, 4.69) is 9.97 Å². The van der Waals surface area contributed by atoms with E-state index >= 15 is 0 Å². The summed E-state index contributed by atoms with van der Waals surface area (Å²) < 4.78 is 10.5. The molecular formula is C12H12ClN3O2. The zero-order valence-corrected chi connectivity index (χ0v) is 10.7. The van der Waals surface area contributed by atoms with Crippen LogP contribution in [0, 0.1) is 6.92 Å². The van der Waals surface area contributed by atoms with E-state index < -0.39 is 0 Å². The summed E-state index contributed by atoms with van der Waals surface area (Å²) in [6.45, 7) is 1.86. The average molecular weight is 266 g/mol. The van der Waals surface area contributed by atoms with Gasteiger partial charge in [0.15, 0.2) is 0 Å². The Hall–Kier alpha value is -2.01. The molecule has 6 heteroatoms. The molecule has 0 saturated carbocycles. The van der Waals surface area contributed by atoms with E-state index in [0.29, 0.717) is 16.5 Å². The minimum Gasteiger partial charge on any atom is -0.467 e. The highest BCUT2D eigenvalue weighted by Gasteiger charge is 2.10. The van der Waals surface area contributed by atoms with Crippen LogP contribution < -0.4 is 15.2 Å². The third kappa shape index (κ3) is 2.46. The molecule has 0 amide bonds. The van der Waals surface area contributed by atoms with E-state index in [4.69, 9.17) is 26.8 Å². The van der Waals surface area contributed by atoms with Crippen LogP contribution in [0.3, 0.4) is 0 Å². The number of halogens is 1. The zero-order chi connectivity index (χ0) is 13.1. The van der Waals surface area contributed by atoms with Crippen molar-refractivity contribution < 1.29 is 9.47 Å². The Balaban J connectivity index is 2.36. The van der Waals surface area contributed by atoms with Crippen molar-refractivity contribution >= 4 is 17.3 Å². The van der Waals surface area contributed by atoms with E-state index in [1.165, 1.54) is 13.3 Å². The van der Waals surface area contributed by atoms with Gasteiger partial charge >= 0.3 is 6.01 Å². The van der Waals surface area contributed by atoms with Gasteiger partial charge in [-0.1, -0.05) is 17.7 Å². The van der Waals surface area contributed by atoms with E-state index in [1.54, 1.807) is 18.2 Å². The molecule has 2 N–H and O–H groups in total. The molecule has 18 heavy (non-hydrogen) atoms. The normalized spacial score (nSPS) is 10.2. The smallest absolute Gasteiger partial charge is 0.319 e. The van der Waals surface area contributed by atoms with Gasteiger partial charge in [0.25, 0.3) is 0 Å². The van der Waals surface area contributed by atoms with Gasteiger partial charge in [0.2, 0.25) is 5.88 Å². The Morgan fingerprint density at radius 2 is 2.11 bits per heavy atom. The number of methoxy groups -OCH3 is 1. The zero-order valence-electron chi connectivity index (χ0n) is 9.98. The molecule has 0 aliphatic heterocycles. The van der Waals surface area contributed by atoms with Crippen molar-refractivity contribution in [3.63, 3.8) is 0 Å². The summed E-state index contributed by atoms with van der Waals surface area (Å²) in [6, 6.07) is 5.57. The molecule has 0 bridgehead atoms. The molecule has 2 aromatic rings. The largest absolute Gasteiger partial charge is 0.467 e. The number of aromatic nitrogens is 2. The lowest BCUT2D eigenvalue weighted by atomic mass is 10.2. The minimum absolute atomic E-state index is 0.191. The van der Waals surface area contributed by atoms with Crippen LogP contribution in [0.4, 0.5) is 5.69 Å². The summed E-state index contributed by atoms with van der Waals surface area (Å²) in [5, 5.41) is 0.303. The monoisotopic (exact) mass is 265 g/mol. The van der Waals surface area contributed by atoms with Gasteiger partial charge in [-0.2, -0.15) is 4.98 Å². The van der Waals surface area contributed by atoms with Crippen LogP contribution in [-0.2, 0) is 0 Å². The fraction of sp³-hybridized carbons (Fsp3) is 0.167. The predicted molar refractivity (Wildman–Crippen MR) is 69.3 cm³/mol. The maximum Gasteiger partial charge on any atom is 0.319 e. The molecular weight excluding hydrogens is 254 g/mol. The summed E-state index contributed by atoms with van der Waals surface area (Å²) >= 11 is 5.96. The molecule has 1 aromatic carbocycles. The third-order valence-corrected chi connectivity index (χ3v) is 2.66. The van der Waals surface area contributed by atoms with Gasteiger partial charge in [0, 0.05) is 11.3 Å². The Morgan fingerprint density at radius 3 is 2.83 bits per heavy atom. The maximum absolute atomic E-state index is 5.96. The molecule has 0 saturated heterocycles. The second-order valence-corrected chi connectivity index (χ2v) is 3.99. The van der Waals surface area contributed by atoms with E-state index in [9.17, 15) is 0 Å². The van der Waals surface area contributed by atoms with Crippen molar-refractivity contribution in [3.8, 4) is 17.6 Å². The average Bonchev–Trinajstić information content (AvgIpc) is 2.37. The van der Waals surface area contributed by atoms with E-state index in [0.717, 1.165) is 5.56 Å². The first kappa shape index (κ1) is 12.4. The van der Waals surface area contributed by atoms with Crippen LogP contribution in [-0.4, -0.2) is 17.1 Å². The Morgan fingerprint density at radius 1 is 1.33 bits per heavy atom. The van der Waals surface area contributed by atoms with Crippen LogP contribution in [0.1, 0.15) is 5.56 Å². The predicted octanol–water partition coefficient (Wildman–Crippen LogP) is 2.82. The highest BCUT2D eigenvalue weighted by Crippen LogP contribution is 2.31. The van der Waals surface area contributed by atoms with Crippen molar-refractivity contribution in [2.75, 3.05) is 12.8 Å². The van der Waals surface area contributed by atoms with Crippen molar-refractivity contribution in [2.24, 2.45) is 0 Å². The number of rotatable bonds is 3. The number of hydrogen-bond donors (Lipinski definition) is 1. The molecule has 0 spiro atoms. The van der Waals surface area contributed by atoms with Gasteiger partial charge in [-0.05, 0) is 19.1 Å². The first-order chi connectivity index (χ1) is 8.61. The van der Waals surface area contributed by atoms with Crippen LogP contribution >= 0.6 is 11.6 Å². The van der Waals surface area contributed by atoms with Crippen LogP contribution in [0.25, 0.3) is 0 Å². The van der Waals surface area contributed by atoms with E-state index in [-0.39, 0.29) is 11.9 Å². The molecule has 0 atom stereocenters. The number of ether oxygens (including phenoxy) is 2. The third-order valence-electron chi connectivity index (χ3n) is 2.41. The van der Waals surface area contributed by atoms with Gasteiger partial charge in [0.1, 0.15) is 10.8 Å². The van der Waals surface area contributed by atoms with Crippen molar-refractivity contribution in [1.29, 1.82) is 0 Å². The fourth-order valence-electron chi connectivity index (χ4n) is 1.35. The Bertz CT molecular complexity index is 575. The van der Waals surface area contributed by atoms with Crippen molar-refractivity contribution in [1.82, 2.24) is 9.97 Å². The molecule has 1 aromatic heterocycles. The highest BCUT2D eigenvalue weighted by atomic mass is 35.5. The number of nitrogen functional groups attached to an aromatic ring is 1. The second-order valence-electron chi connectivity index (χ2n) is 3.58. The Kier molecular flexibility index (Phi) is 3.53. The van der Waals surface area contributed by atoms with Crippen LogP contribution in [0.5, 0.6) is 17.6 Å². The number of anilines is 1. The first-order valence-corrected chi connectivity index (χ1v) is 5.59. The van der Waals surface area contributed by atoms with Crippen LogP contribution in [0.15, 0.2) is 24.4 Å². The topological polar surface area (TPSA) is 70.3 Å². The molecule has 1 heterocycles. The number of nitrogens with zero attached hydrogens (tertiary/aromatic N) is 2. The lowest BCUT2D eigenvalue weighted by Crippen LogP contribution is -1.98. The summed E-state index contributed by atoms with van der Waals surface area (Å²) in [4.78, 5) is 7.90. The number of benzene rings is 1. The van der Waals surface area contributed by atoms with Gasteiger partial charge in [-0.15, -0.1) is 0 Å². The highest BCUT2D eigenvalue weighted by molar-refractivity contribution is 6.31. The summed E-state index contributed by atoms with van der Waals surface area (Å²) in [5.41, 5.74) is 7.27.